The third kappa shape index (κ3) is 3.60. The number of aryl methyl sites for hydroxylation is 2. The van der Waals surface area contributed by atoms with Gasteiger partial charge >= 0.3 is 0 Å². The van der Waals surface area contributed by atoms with Gasteiger partial charge in [0.2, 0.25) is 0 Å². The van der Waals surface area contributed by atoms with Crippen LogP contribution in [-0.4, -0.2) is 6.26 Å². The van der Waals surface area contributed by atoms with Crippen molar-refractivity contribution in [3.05, 3.63) is 65.5 Å². The molecule has 2 aromatic rings. The van der Waals surface area contributed by atoms with Crippen LogP contribution in [0.15, 0.2) is 53.4 Å². The molecule has 0 bridgehead atoms. The van der Waals surface area contributed by atoms with Crippen molar-refractivity contribution in [1.29, 1.82) is 0 Å². The molecule has 0 spiro atoms. The van der Waals surface area contributed by atoms with Gasteiger partial charge in [0.25, 0.3) is 0 Å². The molecule has 0 atom stereocenters. The quantitative estimate of drug-likeness (QED) is 0.723. The number of rotatable bonds is 4. The lowest BCUT2D eigenvalue weighted by Crippen LogP contribution is -1.91. The largest absolute Gasteiger partial charge is 0.207 e. The van der Waals surface area contributed by atoms with Crippen molar-refractivity contribution < 1.29 is 4.39 Å². The molecular formula is C15H15FS. The van der Waals surface area contributed by atoms with Gasteiger partial charge in [-0.15, -0.1) is 11.8 Å². The molecule has 0 aliphatic rings. The van der Waals surface area contributed by atoms with Crippen molar-refractivity contribution >= 4 is 11.8 Å². The molecule has 2 rings (SSSR count). The Morgan fingerprint density at radius 2 is 1.65 bits per heavy atom. The Balaban J connectivity index is 1.97. The van der Waals surface area contributed by atoms with E-state index in [1.165, 1.54) is 16.5 Å². The van der Waals surface area contributed by atoms with E-state index in [-0.39, 0.29) is 5.82 Å². The van der Waals surface area contributed by atoms with Gasteiger partial charge in [-0.05, 0) is 54.5 Å². The molecule has 0 radical (unpaired) electrons. The molecule has 0 amide bonds. The van der Waals surface area contributed by atoms with Crippen LogP contribution >= 0.6 is 11.8 Å². The molecule has 0 N–H and O–H groups in total. The van der Waals surface area contributed by atoms with Gasteiger partial charge in [0.1, 0.15) is 5.82 Å². The van der Waals surface area contributed by atoms with Crippen LogP contribution < -0.4 is 0 Å². The molecule has 0 unspecified atom stereocenters. The van der Waals surface area contributed by atoms with Crippen molar-refractivity contribution in [2.75, 3.05) is 6.26 Å². The maximum Gasteiger partial charge on any atom is 0.123 e. The minimum Gasteiger partial charge on any atom is -0.207 e. The average Bonchev–Trinajstić information content (AvgIpc) is 2.37. The lowest BCUT2D eigenvalue weighted by molar-refractivity contribution is 0.625. The normalized spacial score (nSPS) is 10.5. The number of halogens is 1. The fourth-order valence-corrected chi connectivity index (χ4v) is 2.18. The van der Waals surface area contributed by atoms with Crippen LogP contribution in [0.2, 0.25) is 0 Å². The van der Waals surface area contributed by atoms with Gasteiger partial charge in [-0.3, -0.25) is 0 Å². The van der Waals surface area contributed by atoms with E-state index in [1.54, 1.807) is 23.9 Å². The number of benzene rings is 2. The molecule has 88 valence electrons. The molecule has 2 heteroatoms. The van der Waals surface area contributed by atoms with Crippen LogP contribution in [0.4, 0.5) is 4.39 Å². The van der Waals surface area contributed by atoms with E-state index < -0.39 is 0 Å². The van der Waals surface area contributed by atoms with Crippen LogP contribution in [0.3, 0.4) is 0 Å². The SMILES string of the molecule is CSc1ccc(CCc2cccc(F)c2)cc1. The van der Waals surface area contributed by atoms with Crippen LogP contribution in [-0.2, 0) is 12.8 Å². The fourth-order valence-electron chi connectivity index (χ4n) is 1.77. The predicted octanol–water partition coefficient (Wildman–Crippen LogP) is 4.33. The van der Waals surface area contributed by atoms with Gasteiger partial charge in [-0.1, -0.05) is 24.3 Å². The van der Waals surface area contributed by atoms with Gasteiger partial charge in [-0.25, -0.2) is 4.39 Å². The Morgan fingerprint density at radius 3 is 2.29 bits per heavy atom. The zero-order valence-corrected chi connectivity index (χ0v) is 10.6. The molecule has 0 fully saturated rings. The van der Waals surface area contributed by atoms with Crippen molar-refractivity contribution in [2.24, 2.45) is 0 Å². The van der Waals surface area contributed by atoms with E-state index in [0.29, 0.717) is 0 Å². The zero-order valence-electron chi connectivity index (χ0n) is 9.82. The summed E-state index contributed by atoms with van der Waals surface area (Å²) in [6.07, 6.45) is 3.91. The van der Waals surface area contributed by atoms with Crippen molar-refractivity contribution in [3.8, 4) is 0 Å². The van der Waals surface area contributed by atoms with E-state index in [4.69, 9.17) is 0 Å². The fraction of sp³-hybridized carbons (Fsp3) is 0.200. The summed E-state index contributed by atoms with van der Waals surface area (Å²) < 4.78 is 13.0. The van der Waals surface area contributed by atoms with Crippen LogP contribution in [0, 0.1) is 5.82 Å². The molecule has 0 saturated carbocycles. The second-order valence-corrected chi connectivity index (χ2v) is 4.86. The summed E-state index contributed by atoms with van der Waals surface area (Å²) in [7, 11) is 0. The number of hydrogen-bond acceptors (Lipinski definition) is 1. The average molecular weight is 246 g/mol. The Bertz CT molecular complexity index is 477. The lowest BCUT2D eigenvalue weighted by Gasteiger charge is -2.03. The minimum absolute atomic E-state index is 0.153. The predicted molar refractivity (Wildman–Crippen MR) is 72.0 cm³/mol. The Hall–Kier alpha value is -1.28. The topological polar surface area (TPSA) is 0 Å². The minimum atomic E-state index is -0.153. The molecule has 0 aromatic heterocycles. The summed E-state index contributed by atoms with van der Waals surface area (Å²) in [5.41, 5.74) is 2.35. The first-order valence-corrected chi connectivity index (χ1v) is 6.88. The van der Waals surface area contributed by atoms with Crippen LogP contribution in [0.5, 0.6) is 0 Å². The number of hydrogen-bond donors (Lipinski definition) is 0. The third-order valence-electron chi connectivity index (χ3n) is 2.75. The van der Waals surface area contributed by atoms with Crippen molar-refractivity contribution in [1.82, 2.24) is 0 Å². The lowest BCUT2D eigenvalue weighted by atomic mass is 10.0. The first kappa shape index (κ1) is 12.2. The second kappa shape index (κ2) is 5.87. The highest BCUT2D eigenvalue weighted by molar-refractivity contribution is 7.98. The third-order valence-corrected chi connectivity index (χ3v) is 3.49. The Labute approximate surface area is 106 Å². The maximum absolute atomic E-state index is 13.0. The van der Waals surface area contributed by atoms with Crippen molar-refractivity contribution in [3.63, 3.8) is 0 Å². The molecule has 0 saturated heterocycles. The molecule has 0 aliphatic carbocycles. The van der Waals surface area contributed by atoms with Crippen molar-refractivity contribution in [2.45, 2.75) is 17.7 Å². The van der Waals surface area contributed by atoms with Gasteiger partial charge in [0.15, 0.2) is 0 Å². The zero-order chi connectivity index (χ0) is 12.1. The van der Waals surface area contributed by atoms with E-state index in [2.05, 4.69) is 30.5 Å². The monoisotopic (exact) mass is 246 g/mol. The van der Waals surface area contributed by atoms with Crippen LogP contribution in [0.1, 0.15) is 11.1 Å². The van der Waals surface area contributed by atoms with Gasteiger partial charge in [0.05, 0.1) is 0 Å². The van der Waals surface area contributed by atoms with Gasteiger partial charge in [0, 0.05) is 4.90 Å². The first-order valence-electron chi connectivity index (χ1n) is 5.65. The molecule has 0 aliphatic heterocycles. The van der Waals surface area contributed by atoms with Crippen LogP contribution in [0.25, 0.3) is 0 Å². The summed E-state index contributed by atoms with van der Waals surface area (Å²) >= 11 is 1.74. The summed E-state index contributed by atoms with van der Waals surface area (Å²) in [4.78, 5) is 1.28. The highest BCUT2D eigenvalue weighted by atomic mass is 32.2. The maximum atomic E-state index is 13.0. The standard InChI is InChI=1S/C15H15FS/c1-17-15-9-7-12(8-10-15)5-6-13-3-2-4-14(16)11-13/h2-4,7-11H,5-6H2,1H3. The highest BCUT2D eigenvalue weighted by Crippen LogP contribution is 2.16. The molecular weight excluding hydrogens is 231 g/mol. The second-order valence-electron chi connectivity index (χ2n) is 3.98. The Morgan fingerprint density at radius 1 is 0.941 bits per heavy atom. The highest BCUT2D eigenvalue weighted by Gasteiger charge is 1.98. The van der Waals surface area contributed by atoms with E-state index in [0.717, 1.165) is 18.4 Å². The number of thioether (sulfide) groups is 1. The molecule has 0 nitrogen and oxygen atoms in total. The summed E-state index contributed by atoms with van der Waals surface area (Å²) in [6, 6.07) is 15.4. The molecule has 17 heavy (non-hydrogen) atoms. The molecule has 2 aromatic carbocycles. The summed E-state index contributed by atoms with van der Waals surface area (Å²) in [6.45, 7) is 0. The summed E-state index contributed by atoms with van der Waals surface area (Å²) in [5, 5.41) is 0. The first-order chi connectivity index (χ1) is 8.28. The van der Waals surface area contributed by atoms with Gasteiger partial charge in [-0.2, -0.15) is 0 Å². The van der Waals surface area contributed by atoms with E-state index >= 15 is 0 Å². The smallest absolute Gasteiger partial charge is 0.123 e. The summed E-state index contributed by atoms with van der Waals surface area (Å²) in [5.74, 6) is -0.153. The van der Waals surface area contributed by atoms with Gasteiger partial charge < -0.3 is 0 Å². The van der Waals surface area contributed by atoms with E-state index in [1.807, 2.05) is 6.07 Å². The Kier molecular flexibility index (Phi) is 4.21. The molecule has 0 heterocycles. The van der Waals surface area contributed by atoms with E-state index in [9.17, 15) is 4.39 Å².